The first-order valence-corrected chi connectivity index (χ1v) is 6.19. The molecule has 0 amide bonds. The zero-order chi connectivity index (χ0) is 15.2. The van der Waals surface area contributed by atoms with Crippen LogP contribution < -0.4 is 5.73 Å². The van der Waals surface area contributed by atoms with Gasteiger partial charge in [0.15, 0.2) is 0 Å². The number of carbonyl (C=O) groups excluding carboxylic acids is 2. The second kappa shape index (κ2) is 6.63. The van der Waals surface area contributed by atoms with Crippen LogP contribution in [0.4, 0.5) is 0 Å². The third kappa shape index (κ3) is 3.76. The Morgan fingerprint density at radius 3 is 2.45 bits per heavy atom. The van der Waals surface area contributed by atoms with Gasteiger partial charge in [-0.15, -0.1) is 0 Å². The van der Waals surface area contributed by atoms with E-state index in [1.807, 2.05) is 30.3 Å². The van der Waals surface area contributed by atoms with Gasteiger partial charge >= 0.3 is 11.9 Å². The van der Waals surface area contributed by atoms with Crippen molar-refractivity contribution in [2.45, 2.75) is 12.5 Å². The fraction of sp³-hybridized carbons (Fsp3) is 0.125. The van der Waals surface area contributed by atoms with Gasteiger partial charge in [-0.05, 0) is 24.1 Å². The highest BCUT2D eigenvalue weighted by atomic mass is 16.6. The van der Waals surface area contributed by atoms with E-state index in [1.54, 1.807) is 12.1 Å². The summed E-state index contributed by atoms with van der Waals surface area (Å²) in [4.78, 5) is 23.6. The Labute approximate surface area is 118 Å². The van der Waals surface area contributed by atoms with Crippen molar-refractivity contribution in [3.8, 4) is 0 Å². The maximum atomic E-state index is 11.8. The van der Waals surface area contributed by atoms with E-state index in [0.717, 1.165) is 5.56 Å². The summed E-state index contributed by atoms with van der Waals surface area (Å²) in [5.41, 5.74) is 6.66. The summed E-state index contributed by atoms with van der Waals surface area (Å²) in [6.45, 7) is 0. The molecule has 2 rings (SSSR count). The van der Waals surface area contributed by atoms with Crippen LogP contribution in [0, 0.1) is 0 Å². The molecule has 2 aromatic carbocycles. The average molecular weight is 270 g/mol. The average Bonchev–Trinajstić information content (AvgIpc) is 2.48. The topological polar surface area (TPSA) is 69.4 Å². The molecule has 0 aliphatic heterocycles. The van der Waals surface area contributed by atoms with Crippen molar-refractivity contribution in [3.63, 3.8) is 0 Å². The lowest BCUT2D eigenvalue weighted by Gasteiger charge is -2.10. The van der Waals surface area contributed by atoms with E-state index in [4.69, 9.17) is 11.8 Å². The van der Waals surface area contributed by atoms with Gasteiger partial charge in [0.2, 0.25) is 0 Å². The minimum Gasteiger partial charge on any atom is -0.388 e. The normalized spacial score (nSPS) is 12.3. The van der Waals surface area contributed by atoms with Crippen LogP contribution >= 0.6 is 0 Å². The van der Waals surface area contributed by atoms with Crippen LogP contribution in [-0.4, -0.2) is 18.0 Å². The van der Waals surface area contributed by atoms with Crippen LogP contribution in [0.1, 0.15) is 17.3 Å². The molecule has 2 aromatic rings. The molecule has 0 unspecified atom stereocenters. The number of ether oxygens (including phenoxy) is 1. The van der Waals surface area contributed by atoms with Crippen LogP contribution in [0.2, 0.25) is 0 Å². The number of carbonyl (C=O) groups is 2. The molecule has 2 N–H and O–H groups in total. The van der Waals surface area contributed by atoms with Gasteiger partial charge in [-0.1, -0.05) is 48.5 Å². The Bertz CT molecular complexity index is 643. The maximum Gasteiger partial charge on any atom is 0.345 e. The first-order valence-electron chi connectivity index (χ1n) is 6.69. The molecule has 0 radical (unpaired) electrons. The van der Waals surface area contributed by atoms with E-state index in [0.29, 0.717) is 0 Å². The lowest BCUT2D eigenvalue weighted by Crippen LogP contribution is -2.35. The van der Waals surface area contributed by atoms with Gasteiger partial charge in [-0.3, -0.25) is 0 Å². The third-order valence-electron chi connectivity index (χ3n) is 2.72. The second-order valence-corrected chi connectivity index (χ2v) is 4.28. The molecule has 0 aliphatic carbocycles. The zero-order valence-corrected chi connectivity index (χ0v) is 10.8. The number of hydrogen-bond acceptors (Lipinski definition) is 4. The van der Waals surface area contributed by atoms with Gasteiger partial charge < -0.3 is 10.5 Å². The summed E-state index contributed by atoms with van der Waals surface area (Å²) in [5, 5.41) is 0. The molecule has 0 heterocycles. The van der Waals surface area contributed by atoms with E-state index in [-0.39, 0.29) is 18.0 Å². The van der Waals surface area contributed by atoms with Gasteiger partial charge in [0.1, 0.15) is 6.04 Å². The smallest absolute Gasteiger partial charge is 0.345 e. The highest BCUT2D eigenvalue weighted by Crippen LogP contribution is 2.05. The molecule has 0 spiro atoms. The van der Waals surface area contributed by atoms with Gasteiger partial charge in [-0.25, -0.2) is 9.59 Å². The highest BCUT2D eigenvalue weighted by molar-refractivity contribution is 5.98. The molecule has 1 atom stereocenters. The molecule has 20 heavy (non-hydrogen) atoms. The summed E-state index contributed by atoms with van der Waals surface area (Å²) in [6, 6.07) is 14.4. The first-order chi connectivity index (χ1) is 10.1. The predicted molar refractivity (Wildman–Crippen MR) is 75.0 cm³/mol. The summed E-state index contributed by atoms with van der Waals surface area (Å²) in [7, 11) is 0. The lowest BCUT2D eigenvalue weighted by molar-refractivity contribution is -0.139. The van der Waals surface area contributed by atoms with Crippen molar-refractivity contribution in [1.29, 1.82) is 0 Å². The molecule has 0 aromatic heterocycles. The van der Waals surface area contributed by atoms with Crippen molar-refractivity contribution in [3.05, 3.63) is 71.8 Å². The number of benzene rings is 2. The van der Waals surface area contributed by atoms with E-state index in [2.05, 4.69) is 0 Å². The van der Waals surface area contributed by atoms with Crippen molar-refractivity contribution in [2.75, 3.05) is 0 Å². The Morgan fingerprint density at radius 2 is 1.75 bits per heavy atom. The zero-order valence-electron chi connectivity index (χ0n) is 11.8. The predicted octanol–water partition coefficient (Wildman–Crippen LogP) is 1.94. The van der Waals surface area contributed by atoms with Gasteiger partial charge in [0.05, 0.1) is 6.93 Å². The molecule has 4 heteroatoms. The minimum absolute atomic E-state index is 0.00642. The quantitative estimate of drug-likeness (QED) is 0.681. The number of rotatable bonds is 4. The fourth-order valence-corrected chi connectivity index (χ4v) is 1.69. The van der Waals surface area contributed by atoms with E-state index in [1.165, 1.54) is 12.1 Å². The van der Waals surface area contributed by atoms with E-state index >= 15 is 0 Å². The third-order valence-corrected chi connectivity index (χ3v) is 2.72. The maximum absolute atomic E-state index is 11.8. The summed E-state index contributed by atoms with van der Waals surface area (Å²) in [6.07, 6.45) is 0.287. The van der Waals surface area contributed by atoms with Crippen LogP contribution in [0.15, 0.2) is 60.6 Å². The molecule has 0 saturated heterocycles. The Morgan fingerprint density at radius 1 is 1.10 bits per heavy atom. The minimum atomic E-state index is -0.922. The molecule has 0 bridgehead atoms. The van der Waals surface area contributed by atoms with Gasteiger partial charge in [0, 0.05) is 0 Å². The van der Waals surface area contributed by atoms with Crippen molar-refractivity contribution in [2.24, 2.45) is 5.73 Å². The molecule has 0 fully saturated rings. The van der Waals surface area contributed by atoms with Crippen LogP contribution in [-0.2, 0) is 16.0 Å². The molecule has 0 aliphatic rings. The fourth-order valence-electron chi connectivity index (χ4n) is 1.69. The number of nitrogens with two attached hydrogens (primary N) is 1. The number of hydrogen-bond donors (Lipinski definition) is 1. The second-order valence-electron chi connectivity index (χ2n) is 4.28. The standard InChI is InChI=1S/C16H15NO3/c17-14(11-12-7-3-1-4-8-12)16(19)20-15(18)13-9-5-2-6-10-13/h1-10,14H,11,17H2/t14-/m0/s1/i9D. The Balaban J connectivity index is 1.98. The van der Waals surface area contributed by atoms with E-state index < -0.39 is 18.0 Å². The van der Waals surface area contributed by atoms with E-state index in [9.17, 15) is 9.59 Å². The molecular formula is C16H15NO3. The molecule has 102 valence electrons. The molecule has 4 nitrogen and oxygen atoms in total. The van der Waals surface area contributed by atoms with Crippen molar-refractivity contribution in [1.82, 2.24) is 0 Å². The van der Waals surface area contributed by atoms with Crippen molar-refractivity contribution < 1.29 is 15.7 Å². The van der Waals surface area contributed by atoms with Crippen LogP contribution in [0.3, 0.4) is 0 Å². The van der Waals surface area contributed by atoms with Gasteiger partial charge in [-0.2, -0.15) is 0 Å². The lowest BCUT2D eigenvalue weighted by atomic mass is 10.1. The Kier molecular flexibility index (Phi) is 4.17. The summed E-state index contributed by atoms with van der Waals surface area (Å²) in [5.74, 6) is -1.65. The first kappa shape index (κ1) is 12.6. The monoisotopic (exact) mass is 270 g/mol. The molecular weight excluding hydrogens is 254 g/mol. The Hall–Kier alpha value is -2.46. The van der Waals surface area contributed by atoms with Gasteiger partial charge in [0.25, 0.3) is 0 Å². The SMILES string of the molecule is [2H]c1ccccc1C(=O)OC(=O)[C@@H](N)Cc1ccccc1. The van der Waals surface area contributed by atoms with Crippen LogP contribution in [0.25, 0.3) is 0 Å². The van der Waals surface area contributed by atoms with Crippen LogP contribution in [0.5, 0.6) is 0 Å². The van der Waals surface area contributed by atoms with Crippen molar-refractivity contribution >= 4 is 11.9 Å². The molecule has 0 saturated carbocycles. The number of esters is 2. The highest BCUT2D eigenvalue weighted by Gasteiger charge is 2.20. The summed E-state index contributed by atoms with van der Waals surface area (Å²) >= 11 is 0. The summed E-state index contributed by atoms with van der Waals surface area (Å²) < 4.78 is 12.3. The largest absolute Gasteiger partial charge is 0.388 e.